The molecule has 1 rings (SSSR count). The molecule has 0 bridgehead atoms. The molecule has 0 aromatic carbocycles. The standard InChI is InChI=1S/C18H36N6.HI/c1-7-11-24(12-8-2)13-9-10-20-18(19-5)21-14-17-15(3)22-23(6)16(17)4;/h7-14H2,1-6H3,(H2,19,20,21);1H. The Bertz CT molecular complexity index is 506. The molecule has 7 heteroatoms. The Morgan fingerprint density at radius 2 is 1.76 bits per heavy atom. The molecule has 2 N–H and O–H groups in total. The van der Waals surface area contributed by atoms with Crippen molar-refractivity contribution < 1.29 is 0 Å². The Morgan fingerprint density at radius 1 is 1.12 bits per heavy atom. The van der Waals surface area contributed by atoms with Gasteiger partial charge < -0.3 is 15.5 Å². The normalized spacial score (nSPS) is 11.6. The highest BCUT2D eigenvalue weighted by Crippen LogP contribution is 2.10. The van der Waals surface area contributed by atoms with Gasteiger partial charge >= 0.3 is 0 Å². The van der Waals surface area contributed by atoms with Gasteiger partial charge in [-0.2, -0.15) is 5.10 Å². The van der Waals surface area contributed by atoms with Crippen molar-refractivity contribution in [2.24, 2.45) is 12.0 Å². The molecule has 25 heavy (non-hydrogen) atoms. The van der Waals surface area contributed by atoms with Crippen molar-refractivity contribution in [3.8, 4) is 0 Å². The maximum absolute atomic E-state index is 4.45. The minimum atomic E-state index is 0. The minimum Gasteiger partial charge on any atom is -0.356 e. The van der Waals surface area contributed by atoms with Gasteiger partial charge in [0.2, 0.25) is 0 Å². The van der Waals surface area contributed by atoms with Crippen LogP contribution in [-0.4, -0.2) is 53.9 Å². The fourth-order valence-corrected chi connectivity index (χ4v) is 2.94. The maximum Gasteiger partial charge on any atom is 0.191 e. The highest BCUT2D eigenvalue weighted by Gasteiger charge is 2.09. The summed E-state index contributed by atoms with van der Waals surface area (Å²) >= 11 is 0. The second-order valence-corrected chi connectivity index (χ2v) is 6.32. The summed E-state index contributed by atoms with van der Waals surface area (Å²) < 4.78 is 1.93. The fraction of sp³-hybridized carbons (Fsp3) is 0.778. The van der Waals surface area contributed by atoms with Gasteiger partial charge in [0, 0.05) is 38.4 Å². The van der Waals surface area contributed by atoms with Gasteiger partial charge in [-0.25, -0.2) is 0 Å². The summed E-state index contributed by atoms with van der Waals surface area (Å²) in [5.41, 5.74) is 3.52. The number of aliphatic imine (C=N–C) groups is 1. The maximum atomic E-state index is 4.45. The summed E-state index contributed by atoms with van der Waals surface area (Å²) in [7, 11) is 3.80. The molecule has 0 saturated carbocycles. The predicted molar refractivity (Wildman–Crippen MR) is 118 cm³/mol. The van der Waals surface area contributed by atoms with Crippen LogP contribution in [0, 0.1) is 13.8 Å². The quantitative estimate of drug-likeness (QED) is 0.242. The molecule has 6 nitrogen and oxygen atoms in total. The first-order chi connectivity index (χ1) is 11.5. The molecule has 1 aromatic heterocycles. The average Bonchev–Trinajstić information content (AvgIpc) is 2.80. The molecule has 0 amide bonds. The van der Waals surface area contributed by atoms with Crippen molar-refractivity contribution in [3.05, 3.63) is 17.0 Å². The molecule has 1 heterocycles. The van der Waals surface area contributed by atoms with E-state index in [4.69, 9.17) is 0 Å². The van der Waals surface area contributed by atoms with Gasteiger partial charge in [-0.3, -0.25) is 9.67 Å². The van der Waals surface area contributed by atoms with Gasteiger partial charge in [-0.05, 0) is 52.7 Å². The molecule has 0 radical (unpaired) electrons. The van der Waals surface area contributed by atoms with E-state index in [1.165, 1.54) is 37.2 Å². The van der Waals surface area contributed by atoms with E-state index in [9.17, 15) is 0 Å². The fourth-order valence-electron chi connectivity index (χ4n) is 2.94. The van der Waals surface area contributed by atoms with Gasteiger partial charge in [0.15, 0.2) is 5.96 Å². The molecule has 1 aromatic rings. The van der Waals surface area contributed by atoms with E-state index >= 15 is 0 Å². The zero-order valence-electron chi connectivity index (χ0n) is 16.9. The molecule has 0 unspecified atom stereocenters. The second-order valence-electron chi connectivity index (χ2n) is 6.32. The van der Waals surface area contributed by atoms with Crippen LogP contribution in [0.5, 0.6) is 0 Å². The molecule has 0 spiro atoms. The minimum absolute atomic E-state index is 0. The molecule has 0 aliphatic carbocycles. The zero-order valence-corrected chi connectivity index (χ0v) is 19.2. The number of hydrogen-bond acceptors (Lipinski definition) is 3. The average molecular weight is 464 g/mol. The lowest BCUT2D eigenvalue weighted by atomic mass is 10.2. The SMILES string of the molecule is CCCN(CCC)CCCNC(=NC)NCc1c(C)nn(C)c1C.I. The third-order valence-electron chi connectivity index (χ3n) is 4.34. The monoisotopic (exact) mass is 464 g/mol. The first-order valence-electron chi connectivity index (χ1n) is 9.19. The Kier molecular flexibility index (Phi) is 12.9. The van der Waals surface area contributed by atoms with Crippen LogP contribution in [-0.2, 0) is 13.6 Å². The van der Waals surface area contributed by atoms with Crippen molar-refractivity contribution in [1.29, 1.82) is 0 Å². The smallest absolute Gasteiger partial charge is 0.191 e. The van der Waals surface area contributed by atoms with E-state index < -0.39 is 0 Å². The highest BCUT2D eigenvalue weighted by atomic mass is 127. The first kappa shape index (κ1) is 24.2. The number of rotatable bonds is 10. The lowest BCUT2D eigenvalue weighted by molar-refractivity contribution is 0.271. The summed E-state index contributed by atoms with van der Waals surface area (Å²) in [6.45, 7) is 13.9. The van der Waals surface area contributed by atoms with E-state index in [-0.39, 0.29) is 24.0 Å². The Morgan fingerprint density at radius 3 is 2.24 bits per heavy atom. The van der Waals surface area contributed by atoms with E-state index in [1.807, 2.05) is 18.8 Å². The number of guanidine groups is 1. The van der Waals surface area contributed by atoms with Gasteiger partial charge in [0.25, 0.3) is 0 Å². The molecule has 0 saturated heterocycles. The largest absolute Gasteiger partial charge is 0.356 e. The van der Waals surface area contributed by atoms with Crippen LogP contribution in [0.25, 0.3) is 0 Å². The lowest BCUT2D eigenvalue weighted by Crippen LogP contribution is -2.38. The first-order valence-corrected chi connectivity index (χ1v) is 9.19. The van der Waals surface area contributed by atoms with Crippen LogP contribution in [0.3, 0.4) is 0 Å². The lowest BCUT2D eigenvalue weighted by Gasteiger charge is -2.21. The third kappa shape index (κ3) is 8.40. The summed E-state index contributed by atoms with van der Waals surface area (Å²) in [6, 6.07) is 0. The number of nitrogens with one attached hydrogen (secondary N) is 2. The van der Waals surface area contributed by atoms with Gasteiger partial charge in [0.05, 0.1) is 5.69 Å². The summed E-state index contributed by atoms with van der Waals surface area (Å²) in [5.74, 6) is 0.857. The second kappa shape index (κ2) is 13.4. The van der Waals surface area contributed by atoms with Crippen molar-refractivity contribution in [2.45, 2.75) is 53.5 Å². The predicted octanol–water partition coefficient (Wildman–Crippen LogP) is 2.83. The zero-order chi connectivity index (χ0) is 17.9. The van der Waals surface area contributed by atoms with E-state index in [0.29, 0.717) is 0 Å². The van der Waals surface area contributed by atoms with E-state index in [2.05, 4.69) is 53.3 Å². The number of hydrogen-bond donors (Lipinski definition) is 2. The van der Waals surface area contributed by atoms with Gasteiger partial charge in [-0.1, -0.05) is 13.8 Å². The van der Waals surface area contributed by atoms with Crippen LogP contribution in [0.4, 0.5) is 0 Å². The van der Waals surface area contributed by atoms with Crippen LogP contribution in [0.1, 0.15) is 50.1 Å². The Labute approximate surface area is 170 Å². The van der Waals surface area contributed by atoms with Gasteiger partial charge in [-0.15, -0.1) is 24.0 Å². The molecule has 0 atom stereocenters. The van der Waals surface area contributed by atoms with Crippen LogP contribution >= 0.6 is 24.0 Å². The highest BCUT2D eigenvalue weighted by molar-refractivity contribution is 14.0. The Hall–Kier alpha value is -0.830. The van der Waals surface area contributed by atoms with Crippen LogP contribution < -0.4 is 10.6 Å². The van der Waals surface area contributed by atoms with Crippen LogP contribution in [0.2, 0.25) is 0 Å². The number of aryl methyl sites for hydroxylation is 2. The number of halogens is 1. The summed E-state index contributed by atoms with van der Waals surface area (Å²) in [6.07, 6.45) is 3.58. The Balaban J connectivity index is 0.00000576. The van der Waals surface area contributed by atoms with Gasteiger partial charge in [0.1, 0.15) is 0 Å². The van der Waals surface area contributed by atoms with E-state index in [0.717, 1.165) is 37.7 Å². The van der Waals surface area contributed by atoms with Crippen molar-refractivity contribution in [1.82, 2.24) is 25.3 Å². The molecule has 146 valence electrons. The summed E-state index contributed by atoms with van der Waals surface area (Å²) in [5, 5.41) is 11.3. The number of nitrogens with zero attached hydrogens (tertiary/aromatic N) is 4. The molecular formula is C18H37IN6. The van der Waals surface area contributed by atoms with Crippen molar-refractivity contribution in [3.63, 3.8) is 0 Å². The number of aromatic nitrogens is 2. The van der Waals surface area contributed by atoms with Crippen molar-refractivity contribution in [2.75, 3.05) is 33.2 Å². The van der Waals surface area contributed by atoms with Crippen molar-refractivity contribution >= 4 is 29.9 Å². The topological polar surface area (TPSA) is 57.5 Å². The molecule has 0 aliphatic rings. The van der Waals surface area contributed by atoms with Crippen LogP contribution in [0.15, 0.2) is 4.99 Å². The molecule has 0 aliphatic heterocycles. The summed E-state index contributed by atoms with van der Waals surface area (Å²) in [4.78, 5) is 6.85. The molecular weight excluding hydrogens is 427 g/mol. The third-order valence-corrected chi connectivity index (χ3v) is 4.34. The van der Waals surface area contributed by atoms with E-state index in [1.54, 1.807) is 0 Å². The molecule has 0 fully saturated rings.